The smallest absolute Gasteiger partial charge is 0.357 e. The fraction of sp³-hybridized carbons (Fsp3) is 0.0833. The van der Waals surface area contributed by atoms with Crippen LogP contribution in [0.1, 0.15) is 16.1 Å². The Morgan fingerprint density at radius 2 is 1.83 bits per heavy atom. The normalized spacial score (nSPS) is 11.6. The Kier molecular flexibility index (Phi) is 3.17. The van der Waals surface area contributed by atoms with Crippen molar-refractivity contribution in [3.8, 4) is 11.1 Å². The maximum atomic E-state index is 12.8. The molecule has 0 saturated carbocycles. The Bertz CT molecular complexity index is 589. The highest BCUT2D eigenvalue weighted by molar-refractivity contribution is 6.35. The van der Waals surface area contributed by atoms with E-state index in [0.717, 1.165) is 6.07 Å². The fourth-order valence-electron chi connectivity index (χ4n) is 1.67. The molecule has 0 saturated heterocycles. The van der Waals surface area contributed by atoms with Crippen molar-refractivity contribution in [3.05, 3.63) is 46.7 Å². The number of aromatic nitrogens is 1. The lowest BCUT2D eigenvalue weighted by Crippen LogP contribution is -2.06. The van der Waals surface area contributed by atoms with E-state index >= 15 is 0 Å². The molecule has 0 aliphatic carbocycles. The van der Waals surface area contributed by atoms with Gasteiger partial charge in [0.05, 0.1) is 16.3 Å². The number of alkyl halides is 3. The van der Waals surface area contributed by atoms with Gasteiger partial charge in [-0.05, 0) is 11.6 Å². The van der Waals surface area contributed by atoms with Crippen molar-refractivity contribution in [2.75, 3.05) is 0 Å². The van der Waals surface area contributed by atoms with Crippen molar-refractivity contribution in [1.29, 1.82) is 0 Å². The van der Waals surface area contributed by atoms with Crippen LogP contribution in [0.2, 0.25) is 5.02 Å². The van der Waals surface area contributed by atoms with Gasteiger partial charge in [-0.3, -0.25) is 4.79 Å². The first-order chi connectivity index (χ1) is 8.45. The zero-order valence-corrected chi connectivity index (χ0v) is 9.64. The average Bonchev–Trinajstić information content (AvgIpc) is 2.69. The van der Waals surface area contributed by atoms with Crippen molar-refractivity contribution in [1.82, 2.24) is 4.98 Å². The molecule has 2 rings (SSSR count). The van der Waals surface area contributed by atoms with Crippen molar-refractivity contribution in [2.45, 2.75) is 6.18 Å². The standard InChI is InChI=1S/C12H7ClF3NO/c13-11-8(5-17-10(11)6-18)7-3-1-2-4-9(7)12(14,15)16/h1-6,17H. The summed E-state index contributed by atoms with van der Waals surface area (Å²) in [5, 5.41) is -0.0123. The number of hydrogen-bond donors (Lipinski definition) is 1. The van der Waals surface area contributed by atoms with Crippen molar-refractivity contribution >= 4 is 17.9 Å². The molecule has 2 aromatic rings. The van der Waals surface area contributed by atoms with E-state index in [1.165, 1.54) is 24.4 Å². The van der Waals surface area contributed by atoms with E-state index in [-0.39, 0.29) is 21.8 Å². The molecule has 0 unspecified atom stereocenters. The summed E-state index contributed by atoms with van der Waals surface area (Å²) in [5.41, 5.74) is -0.627. The predicted octanol–water partition coefficient (Wildman–Crippen LogP) is 4.17. The monoisotopic (exact) mass is 273 g/mol. The van der Waals surface area contributed by atoms with Crippen LogP contribution in [-0.4, -0.2) is 11.3 Å². The van der Waals surface area contributed by atoms with Gasteiger partial charge >= 0.3 is 6.18 Å². The highest BCUT2D eigenvalue weighted by Crippen LogP contribution is 2.39. The van der Waals surface area contributed by atoms with Gasteiger partial charge in [0.1, 0.15) is 0 Å². The summed E-state index contributed by atoms with van der Waals surface area (Å²) in [6, 6.07) is 5.06. The quantitative estimate of drug-likeness (QED) is 0.819. The van der Waals surface area contributed by atoms with Gasteiger partial charge in [0.25, 0.3) is 0 Å². The molecule has 0 aliphatic rings. The van der Waals surface area contributed by atoms with Crippen LogP contribution in [0.5, 0.6) is 0 Å². The number of nitrogens with one attached hydrogen (secondary N) is 1. The molecular formula is C12H7ClF3NO. The highest BCUT2D eigenvalue weighted by atomic mass is 35.5. The van der Waals surface area contributed by atoms with E-state index in [1.54, 1.807) is 0 Å². The molecule has 1 N–H and O–H groups in total. The van der Waals surface area contributed by atoms with E-state index in [0.29, 0.717) is 6.29 Å². The van der Waals surface area contributed by atoms with Gasteiger partial charge in [-0.2, -0.15) is 13.2 Å². The zero-order valence-electron chi connectivity index (χ0n) is 8.88. The predicted molar refractivity (Wildman–Crippen MR) is 61.6 cm³/mol. The van der Waals surface area contributed by atoms with Gasteiger partial charge in [0.15, 0.2) is 6.29 Å². The van der Waals surface area contributed by atoms with Gasteiger partial charge < -0.3 is 4.98 Å². The van der Waals surface area contributed by atoms with Crippen LogP contribution in [0.3, 0.4) is 0 Å². The summed E-state index contributed by atoms with van der Waals surface area (Å²) in [7, 11) is 0. The van der Waals surface area contributed by atoms with Gasteiger partial charge in [-0.25, -0.2) is 0 Å². The number of aldehydes is 1. The van der Waals surface area contributed by atoms with E-state index in [9.17, 15) is 18.0 Å². The lowest BCUT2D eigenvalue weighted by Gasteiger charge is -2.11. The molecule has 0 fully saturated rings. The molecule has 1 aromatic heterocycles. The molecule has 0 amide bonds. The topological polar surface area (TPSA) is 32.9 Å². The maximum absolute atomic E-state index is 12.8. The summed E-state index contributed by atoms with van der Waals surface area (Å²) in [6.07, 6.45) is -2.72. The van der Waals surface area contributed by atoms with Crippen LogP contribution in [0.25, 0.3) is 11.1 Å². The minimum Gasteiger partial charge on any atom is -0.357 e. The summed E-state index contributed by atoms with van der Waals surface area (Å²) >= 11 is 5.85. The summed E-state index contributed by atoms with van der Waals surface area (Å²) < 4.78 is 38.5. The molecule has 18 heavy (non-hydrogen) atoms. The number of H-pyrrole nitrogens is 1. The SMILES string of the molecule is O=Cc1[nH]cc(-c2ccccc2C(F)(F)F)c1Cl. The number of carbonyl (C=O) groups excluding carboxylic acids is 1. The number of hydrogen-bond acceptors (Lipinski definition) is 1. The molecule has 1 aromatic carbocycles. The second-order valence-corrected chi connectivity index (χ2v) is 3.97. The molecule has 6 heteroatoms. The second-order valence-electron chi connectivity index (χ2n) is 3.59. The first kappa shape index (κ1) is 12.7. The van der Waals surface area contributed by atoms with E-state index in [4.69, 9.17) is 11.6 Å². The van der Waals surface area contributed by atoms with Crippen LogP contribution in [0.4, 0.5) is 13.2 Å². The number of carbonyl (C=O) groups is 1. The van der Waals surface area contributed by atoms with E-state index < -0.39 is 11.7 Å². The molecule has 0 atom stereocenters. The largest absolute Gasteiger partial charge is 0.417 e. The van der Waals surface area contributed by atoms with Crippen LogP contribution in [0, 0.1) is 0 Å². The summed E-state index contributed by atoms with van der Waals surface area (Å²) in [5.74, 6) is 0. The number of halogens is 4. The lowest BCUT2D eigenvalue weighted by atomic mass is 10.0. The fourth-order valence-corrected chi connectivity index (χ4v) is 1.92. The van der Waals surface area contributed by atoms with Crippen molar-refractivity contribution < 1.29 is 18.0 Å². The summed E-state index contributed by atoms with van der Waals surface area (Å²) in [6.45, 7) is 0. The van der Waals surface area contributed by atoms with Crippen LogP contribution in [-0.2, 0) is 6.18 Å². The Balaban J connectivity index is 2.64. The highest BCUT2D eigenvalue weighted by Gasteiger charge is 2.34. The first-order valence-electron chi connectivity index (χ1n) is 4.94. The van der Waals surface area contributed by atoms with Crippen molar-refractivity contribution in [3.63, 3.8) is 0 Å². The molecule has 0 aliphatic heterocycles. The van der Waals surface area contributed by atoms with Crippen LogP contribution in [0.15, 0.2) is 30.5 Å². The van der Waals surface area contributed by atoms with Gasteiger partial charge in [-0.15, -0.1) is 0 Å². The molecule has 0 bridgehead atoms. The Labute approximate surface area is 105 Å². The third-order valence-corrected chi connectivity index (χ3v) is 2.89. The Morgan fingerprint density at radius 1 is 1.17 bits per heavy atom. The van der Waals surface area contributed by atoms with Crippen LogP contribution < -0.4 is 0 Å². The Morgan fingerprint density at radius 3 is 2.39 bits per heavy atom. The minimum atomic E-state index is -4.47. The van der Waals surface area contributed by atoms with E-state index in [1.807, 2.05) is 0 Å². The molecule has 1 heterocycles. The third kappa shape index (κ3) is 2.13. The Hall–Kier alpha value is -1.75. The van der Waals surface area contributed by atoms with Crippen LogP contribution >= 0.6 is 11.6 Å². The zero-order chi connectivity index (χ0) is 13.3. The third-order valence-electron chi connectivity index (χ3n) is 2.49. The molecular weight excluding hydrogens is 267 g/mol. The second kappa shape index (κ2) is 4.49. The molecule has 94 valence electrons. The number of benzene rings is 1. The van der Waals surface area contributed by atoms with Gasteiger partial charge in [0.2, 0.25) is 0 Å². The minimum absolute atomic E-state index is 0.0123. The number of aromatic amines is 1. The van der Waals surface area contributed by atoms with Gasteiger partial charge in [-0.1, -0.05) is 29.8 Å². The summed E-state index contributed by atoms with van der Waals surface area (Å²) in [4.78, 5) is 13.1. The van der Waals surface area contributed by atoms with Gasteiger partial charge in [0, 0.05) is 11.8 Å². The maximum Gasteiger partial charge on any atom is 0.417 e. The molecule has 2 nitrogen and oxygen atoms in total. The number of rotatable bonds is 2. The van der Waals surface area contributed by atoms with Crippen molar-refractivity contribution in [2.24, 2.45) is 0 Å². The van der Waals surface area contributed by atoms with E-state index in [2.05, 4.69) is 4.98 Å². The lowest BCUT2D eigenvalue weighted by molar-refractivity contribution is -0.137. The first-order valence-corrected chi connectivity index (χ1v) is 5.31. The molecule has 0 radical (unpaired) electrons. The molecule has 0 spiro atoms. The average molecular weight is 274 g/mol.